The highest BCUT2D eigenvalue weighted by Gasteiger charge is 2.17. The number of thiophene rings is 1. The van der Waals surface area contributed by atoms with E-state index in [2.05, 4.69) is 12.3 Å². The fourth-order valence-electron chi connectivity index (χ4n) is 1.70. The second-order valence-corrected chi connectivity index (χ2v) is 4.29. The van der Waals surface area contributed by atoms with Crippen molar-refractivity contribution in [2.45, 2.75) is 32.2 Å². The van der Waals surface area contributed by atoms with Gasteiger partial charge in [-0.2, -0.15) is 0 Å². The van der Waals surface area contributed by atoms with Crippen LogP contribution in [-0.4, -0.2) is 6.04 Å². The number of nitrogens with two attached hydrogens (primary N) is 1. The molecule has 0 bridgehead atoms. The van der Waals surface area contributed by atoms with Gasteiger partial charge in [-0.1, -0.05) is 0 Å². The standard InChI is InChI=1S/C9H13NS/c1-6-5-11-9-4-7(10)2-3-8(6)9/h5,7H,2-4,10H2,1H3/t7-/m1/s1. The molecule has 2 N–H and O–H groups in total. The molecule has 1 aliphatic carbocycles. The largest absolute Gasteiger partial charge is 0.327 e. The summed E-state index contributed by atoms with van der Waals surface area (Å²) in [6.07, 6.45) is 3.48. The zero-order valence-corrected chi connectivity index (χ0v) is 7.58. The van der Waals surface area contributed by atoms with Gasteiger partial charge >= 0.3 is 0 Å². The van der Waals surface area contributed by atoms with E-state index in [1.54, 1.807) is 5.56 Å². The number of hydrogen-bond acceptors (Lipinski definition) is 2. The Balaban J connectivity index is 2.36. The third-order valence-corrected chi connectivity index (χ3v) is 3.57. The fraction of sp³-hybridized carbons (Fsp3) is 0.556. The van der Waals surface area contributed by atoms with Crippen LogP contribution < -0.4 is 5.73 Å². The minimum absolute atomic E-state index is 0.417. The molecule has 0 spiro atoms. The first-order valence-corrected chi connectivity index (χ1v) is 4.97. The van der Waals surface area contributed by atoms with Gasteiger partial charge in [-0.3, -0.25) is 0 Å². The summed E-state index contributed by atoms with van der Waals surface area (Å²) in [7, 11) is 0. The quantitative estimate of drug-likeness (QED) is 0.627. The summed E-state index contributed by atoms with van der Waals surface area (Å²) in [6.45, 7) is 2.20. The van der Waals surface area contributed by atoms with Gasteiger partial charge in [0.1, 0.15) is 0 Å². The highest BCUT2D eigenvalue weighted by atomic mass is 32.1. The van der Waals surface area contributed by atoms with Crippen molar-refractivity contribution in [3.63, 3.8) is 0 Å². The van der Waals surface area contributed by atoms with E-state index in [-0.39, 0.29) is 0 Å². The van der Waals surface area contributed by atoms with Crippen LogP contribution in [0.4, 0.5) is 0 Å². The molecule has 1 nitrogen and oxygen atoms in total. The lowest BCUT2D eigenvalue weighted by Gasteiger charge is -2.18. The van der Waals surface area contributed by atoms with Crippen molar-refractivity contribution in [2.24, 2.45) is 5.73 Å². The highest BCUT2D eigenvalue weighted by Crippen LogP contribution is 2.28. The minimum Gasteiger partial charge on any atom is -0.327 e. The Labute approximate surface area is 71.2 Å². The van der Waals surface area contributed by atoms with E-state index in [1.165, 1.54) is 23.3 Å². The highest BCUT2D eigenvalue weighted by molar-refractivity contribution is 7.10. The Kier molecular flexibility index (Phi) is 1.74. The molecule has 0 aliphatic heterocycles. The molecule has 2 rings (SSSR count). The Morgan fingerprint density at radius 3 is 3.27 bits per heavy atom. The molecule has 2 heteroatoms. The third kappa shape index (κ3) is 1.21. The lowest BCUT2D eigenvalue weighted by Crippen LogP contribution is -2.26. The summed E-state index contributed by atoms with van der Waals surface area (Å²) in [5.74, 6) is 0. The molecule has 1 atom stereocenters. The summed E-state index contributed by atoms with van der Waals surface area (Å²) < 4.78 is 0. The van der Waals surface area contributed by atoms with Gasteiger partial charge in [0.15, 0.2) is 0 Å². The second kappa shape index (κ2) is 2.61. The van der Waals surface area contributed by atoms with E-state index < -0.39 is 0 Å². The lowest BCUT2D eigenvalue weighted by atomic mass is 9.93. The molecule has 0 aromatic carbocycles. The number of hydrogen-bond donors (Lipinski definition) is 1. The number of rotatable bonds is 0. The Bertz CT molecular complexity index is 265. The van der Waals surface area contributed by atoms with Crippen LogP contribution in [-0.2, 0) is 12.8 Å². The van der Waals surface area contributed by atoms with Gasteiger partial charge in [0.05, 0.1) is 0 Å². The molecule has 0 saturated carbocycles. The molecule has 0 radical (unpaired) electrons. The van der Waals surface area contributed by atoms with Crippen LogP contribution in [0.3, 0.4) is 0 Å². The maximum atomic E-state index is 5.87. The van der Waals surface area contributed by atoms with E-state index in [0.717, 1.165) is 6.42 Å². The summed E-state index contributed by atoms with van der Waals surface area (Å²) >= 11 is 1.88. The molecular formula is C9H13NS. The molecule has 1 aliphatic rings. The first-order valence-electron chi connectivity index (χ1n) is 4.09. The van der Waals surface area contributed by atoms with Crippen molar-refractivity contribution in [1.82, 2.24) is 0 Å². The van der Waals surface area contributed by atoms with Gasteiger partial charge in [0.25, 0.3) is 0 Å². The molecule has 0 amide bonds. The van der Waals surface area contributed by atoms with Gasteiger partial charge in [-0.05, 0) is 42.7 Å². The number of aryl methyl sites for hydroxylation is 1. The van der Waals surface area contributed by atoms with E-state index in [0.29, 0.717) is 6.04 Å². The van der Waals surface area contributed by atoms with Gasteiger partial charge in [-0.25, -0.2) is 0 Å². The van der Waals surface area contributed by atoms with Gasteiger partial charge in [0, 0.05) is 10.9 Å². The monoisotopic (exact) mass is 167 g/mol. The van der Waals surface area contributed by atoms with E-state index in [9.17, 15) is 0 Å². The Morgan fingerprint density at radius 2 is 2.45 bits per heavy atom. The van der Waals surface area contributed by atoms with Crippen LogP contribution in [0.25, 0.3) is 0 Å². The Morgan fingerprint density at radius 1 is 1.64 bits per heavy atom. The predicted molar refractivity (Wildman–Crippen MR) is 49.1 cm³/mol. The van der Waals surface area contributed by atoms with Gasteiger partial charge in [-0.15, -0.1) is 11.3 Å². The molecular weight excluding hydrogens is 154 g/mol. The van der Waals surface area contributed by atoms with Crippen molar-refractivity contribution >= 4 is 11.3 Å². The van der Waals surface area contributed by atoms with Crippen molar-refractivity contribution in [3.8, 4) is 0 Å². The van der Waals surface area contributed by atoms with E-state index >= 15 is 0 Å². The summed E-state index contributed by atoms with van der Waals surface area (Å²) in [4.78, 5) is 1.53. The maximum absolute atomic E-state index is 5.87. The first kappa shape index (κ1) is 7.32. The van der Waals surface area contributed by atoms with E-state index in [1.807, 2.05) is 11.3 Å². The van der Waals surface area contributed by atoms with Crippen LogP contribution in [0.5, 0.6) is 0 Å². The maximum Gasteiger partial charge on any atom is 0.00953 e. The van der Waals surface area contributed by atoms with Crippen molar-refractivity contribution in [2.75, 3.05) is 0 Å². The van der Waals surface area contributed by atoms with Crippen LogP contribution in [0.15, 0.2) is 5.38 Å². The normalized spacial score (nSPS) is 23.3. The molecule has 1 heterocycles. The molecule has 0 fully saturated rings. The average Bonchev–Trinajstić information content (AvgIpc) is 2.32. The minimum atomic E-state index is 0.417. The molecule has 11 heavy (non-hydrogen) atoms. The summed E-state index contributed by atoms with van der Waals surface area (Å²) in [6, 6.07) is 0.417. The van der Waals surface area contributed by atoms with Gasteiger partial charge in [0.2, 0.25) is 0 Å². The van der Waals surface area contributed by atoms with Crippen LogP contribution in [0.1, 0.15) is 22.4 Å². The van der Waals surface area contributed by atoms with Gasteiger partial charge < -0.3 is 5.73 Å². The van der Waals surface area contributed by atoms with Crippen LogP contribution in [0.2, 0.25) is 0 Å². The summed E-state index contributed by atoms with van der Waals surface area (Å²) in [5, 5.41) is 2.25. The van der Waals surface area contributed by atoms with E-state index in [4.69, 9.17) is 5.73 Å². The first-order chi connectivity index (χ1) is 5.27. The summed E-state index contributed by atoms with van der Waals surface area (Å²) in [5.41, 5.74) is 8.92. The topological polar surface area (TPSA) is 26.0 Å². The van der Waals surface area contributed by atoms with Crippen molar-refractivity contribution < 1.29 is 0 Å². The molecule has 0 unspecified atom stereocenters. The van der Waals surface area contributed by atoms with Crippen LogP contribution >= 0.6 is 11.3 Å². The molecule has 0 saturated heterocycles. The second-order valence-electron chi connectivity index (χ2n) is 3.32. The molecule has 1 aromatic rings. The predicted octanol–water partition coefficient (Wildman–Crippen LogP) is 1.87. The zero-order chi connectivity index (χ0) is 7.84. The lowest BCUT2D eigenvalue weighted by molar-refractivity contribution is 0.583. The smallest absolute Gasteiger partial charge is 0.00953 e. The zero-order valence-electron chi connectivity index (χ0n) is 6.76. The molecule has 60 valence electrons. The fourth-order valence-corrected chi connectivity index (χ4v) is 2.88. The number of fused-ring (bicyclic) bond motifs is 1. The van der Waals surface area contributed by atoms with Crippen molar-refractivity contribution in [3.05, 3.63) is 21.4 Å². The van der Waals surface area contributed by atoms with Crippen LogP contribution in [0, 0.1) is 6.92 Å². The average molecular weight is 167 g/mol. The Hall–Kier alpha value is -0.340. The SMILES string of the molecule is Cc1csc2c1CC[C@@H](N)C2. The third-order valence-electron chi connectivity index (χ3n) is 2.40. The molecule has 1 aromatic heterocycles. The van der Waals surface area contributed by atoms with Crippen molar-refractivity contribution in [1.29, 1.82) is 0 Å².